The van der Waals surface area contributed by atoms with E-state index in [4.69, 9.17) is 4.74 Å². The zero-order valence-electron chi connectivity index (χ0n) is 11.8. The lowest BCUT2D eigenvalue weighted by Crippen LogP contribution is -2.02. The fraction of sp³-hybridized carbons (Fsp3) is 0.0526. The Morgan fingerprint density at radius 2 is 1.64 bits per heavy atom. The quantitative estimate of drug-likeness (QED) is 0.714. The predicted molar refractivity (Wildman–Crippen MR) is 90.7 cm³/mol. The second kappa shape index (κ2) is 5.43. The largest absolute Gasteiger partial charge is 0.506 e. The number of rotatable bonds is 2. The summed E-state index contributed by atoms with van der Waals surface area (Å²) in [6, 6.07) is 17.9. The highest BCUT2D eigenvalue weighted by molar-refractivity contribution is 7.99. The number of phenolic OH excluding ortho intramolecular Hbond substituents is 1. The van der Waals surface area contributed by atoms with E-state index >= 15 is 0 Å². The molecule has 0 atom stereocenters. The second-order valence-corrected chi connectivity index (χ2v) is 6.18. The third-order valence-electron chi connectivity index (χ3n) is 3.70. The summed E-state index contributed by atoms with van der Waals surface area (Å²) in [6.07, 6.45) is 4.02. The van der Waals surface area contributed by atoms with Crippen molar-refractivity contribution in [2.45, 2.75) is 9.79 Å². The number of benzene rings is 3. The van der Waals surface area contributed by atoms with Crippen molar-refractivity contribution in [2.75, 3.05) is 6.61 Å². The molecule has 0 aromatic heterocycles. The number of hydrogen-bond acceptors (Lipinski definition) is 3. The van der Waals surface area contributed by atoms with Gasteiger partial charge in [-0.2, -0.15) is 0 Å². The SMILES string of the molecule is Oc1c(Sc2ccccc2)c2c(c3ccccc13)OCC=C2. The molecule has 3 aromatic rings. The zero-order chi connectivity index (χ0) is 14.9. The van der Waals surface area contributed by atoms with Crippen LogP contribution in [0, 0.1) is 0 Å². The molecule has 1 aliphatic rings. The minimum Gasteiger partial charge on any atom is -0.506 e. The number of fused-ring (bicyclic) bond motifs is 3. The van der Waals surface area contributed by atoms with Crippen LogP contribution in [0.15, 0.2) is 70.5 Å². The van der Waals surface area contributed by atoms with Gasteiger partial charge in [-0.25, -0.2) is 0 Å². The molecular formula is C19H14O2S. The lowest BCUT2D eigenvalue weighted by Gasteiger charge is -2.20. The van der Waals surface area contributed by atoms with Gasteiger partial charge in [-0.3, -0.25) is 0 Å². The summed E-state index contributed by atoms with van der Waals surface area (Å²) >= 11 is 1.56. The van der Waals surface area contributed by atoms with Crippen molar-refractivity contribution in [2.24, 2.45) is 0 Å². The maximum absolute atomic E-state index is 10.8. The topological polar surface area (TPSA) is 29.5 Å². The molecule has 0 amide bonds. The van der Waals surface area contributed by atoms with E-state index in [0.29, 0.717) is 12.4 Å². The minimum absolute atomic E-state index is 0.318. The fourth-order valence-electron chi connectivity index (χ4n) is 2.70. The molecule has 1 heterocycles. The molecule has 1 N–H and O–H groups in total. The summed E-state index contributed by atoms with van der Waals surface area (Å²) in [4.78, 5) is 1.94. The van der Waals surface area contributed by atoms with E-state index in [1.54, 1.807) is 11.8 Å². The Labute approximate surface area is 133 Å². The molecule has 0 fully saturated rings. The molecule has 0 aliphatic carbocycles. The van der Waals surface area contributed by atoms with Crippen LogP contribution in [0.1, 0.15) is 5.56 Å². The van der Waals surface area contributed by atoms with E-state index in [1.807, 2.05) is 66.7 Å². The van der Waals surface area contributed by atoms with Crippen LogP contribution in [0.4, 0.5) is 0 Å². The average Bonchev–Trinajstić information content (AvgIpc) is 2.59. The first kappa shape index (κ1) is 13.3. The molecule has 0 bridgehead atoms. The molecule has 2 nitrogen and oxygen atoms in total. The lowest BCUT2D eigenvalue weighted by molar-refractivity contribution is 0.360. The summed E-state index contributed by atoms with van der Waals surface area (Å²) in [5, 5.41) is 12.5. The van der Waals surface area contributed by atoms with E-state index in [0.717, 1.165) is 31.9 Å². The van der Waals surface area contributed by atoms with Gasteiger partial charge in [0.15, 0.2) is 0 Å². The molecule has 4 rings (SSSR count). The Kier molecular flexibility index (Phi) is 3.28. The molecule has 1 aliphatic heterocycles. The van der Waals surface area contributed by atoms with E-state index in [1.165, 1.54) is 0 Å². The van der Waals surface area contributed by atoms with Gasteiger partial charge in [0.2, 0.25) is 0 Å². The van der Waals surface area contributed by atoms with Gasteiger partial charge in [-0.15, -0.1) is 0 Å². The van der Waals surface area contributed by atoms with E-state index < -0.39 is 0 Å². The number of phenols is 1. The first-order valence-corrected chi connectivity index (χ1v) is 7.96. The van der Waals surface area contributed by atoms with Crippen molar-refractivity contribution < 1.29 is 9.84 Å². The van der Waals surface area contributed by atoms with Crippen LogP contribution in [0.2, 0.25) is 0 Å². The van der Waals surface area contributed by atoms with Gasteiger partial charge in [0.05, 0.1) is 4.90 Å². The second-order valence-electron chi connectivity index (χ2n) is 5.09. The van der Waals surface area contributed by atoms with Crippen LogP contribution in [-0.2, 0) is 0 Å². The van der Waals surface area contributed by atoms with Crippen molar-refractivity contribution in [1.82, 2.24) is 0 Å². The number of hydrogen-bond donors (Lipinski definition) is 1. The molecule has 0 saturated carbocycles. The molecule has 108 valence electrons. The molecule has 0 radical (unpaired) electrons. The van der Waals surface area contributed by atoms with Crippen molar-refractivity contribution in [3.8, 4) is 11.5 Å². The molecule has 0 spiro atoms. The monoisotopic (exact) mass is 306 g/mol. The minimum atomic E-state index is 0.318. The van der Waals surface area contributed by atoms with Crippen molar-refractivity contribution in [3.05, 3.63) is 66.2 Å². The molecule has 22 heavy (non-hydrogen) atoms. The molecular weight excluding hydrogens is 292 g/mol. The standard InChI is InChI=1S/C19H14O2S/c20-17-14-9-4-5-10-15(14)18-16(11-6-12-21-18)19(17)22-13-7-2-1-3-8-13/h1-11,20H,12H2. The van der Waals surface area contributed by atoms with Gasteiger partial charge >= 0.3 is 0 Å². The number of aromatic hydroxyl groups is 1. The van der Waals surface area contributed by atoms with Gasteiger partial charge in [0.1, 0.15) is 18.1 Å². The Morgan fingerprint density at radius 1 is 0.909 bits per heavy atom. The van der Waals surface area contributed by atoms with Gasteiger partial charge in [0, 0.05) is 21.2 Å². The zero-order valence-corrected chi connectivity index (χ0v) is 12.6. The Bertz CT molecular complexity index is 869. The summed E-state index contributed by atoms with van der Waals surface area (Å²) in [7, 11) is 0. The van der Waals surface area contributed by atoms with Crippen LogP contribution < -0.4 is 4.74 Å². The summed E-state index contributed by atoms with van der Waals surface area (Å²) in [5.74, 6) is 1.17. The van der Waals surface area contributed by atoms with Crippen LogP contribution in [0.5, 0.6) is 11.5 Å². The average molecular weight is 306 g/mol. The van der Waals surface area contributed by atoms with Gasteiger partial charge < -0.3 is 9.84 Å². The first-order valence-electron chi connectivity index (χ1n) is 7.14. The Morgan fingerprint density at radius 3 is 2.45 bits per heavy atom. The van der Waals surface area contributed by atoms with Crippen molar-refractivity contribution in [1.29, 1.82) is 0 Å². The maximum Gasteiger partial charge on any atom is 0.138 e. The summed E-state index contributed by atoms with van der Waals surface area (Å²) in [5.41, 5.74) is 0.955. The van der Waals surface area contributed by atoms with E-state index in [2.05, 4.69) is 0 Å². The highest BCUT2D eigenvalue weighted by Crippen LogP contribution is 2.48. The maximum atomic E-state index is 10.8. The van der Waals surface area contributed by atoms with Crippen LogP contribution in [0.25, 0.3) is 16.8 Å². The van der Waals surface area contributed by atoms with Crippen molar-refractivity contribution >= 4 is 28.6 Å². The Balaban J connectivity index is 1.98. The highest BCUT2D eigenvalue weighted by atomic mass is 32.2. The normalized spacial score (nSPS) is 12.9. The molecule has 0 saturated heterocycles. The fourth-order valence-corrected chi connectivity index (χ4v) is 3.71. The highest BCUT2D eigenvalue weighted by Gasteiger charge is 2.20. The third-order valence-corrected chi connectivity index (χ3v) is 4.83. The van der Waals surface area contributed by atoms with E-state index in [9.17, 15) is 5.11 Å². The van der Waals surface area contributed by atoms with Gasteiger partial charge in [0.25, 0.3) is 0 Å². The smallest absolute Gasteiger partial charge is 0.138 e. The molecule has 0 unspecified atom stereocenters. The third kappa shape index (κ3) is 2.14. The number of ether oxygens (including phenoxy) is 1. The van der Waals surface area contributed by atoms with Gasteiger partial charge in [-0.05, 0) is 18.2 Å². The lowest BCUT2D eigenvalue weighted by atomic mass is 10.0. The van der Waals surface area contributed by atoms with Crippen LogP contribution in [-0.4, -0.2) is 11.7 Å². The summed E-state index contributed by atoms with van der Waals surface area (Å²) in [6.45, 7) is 0.567. The van der Waals surface area contributed by atoms with Crippen molar-refractivity contribution in [3.63, 3.8) is 0 Å². The predicted octanol–water partition coefficient (Wildman–Crippen LogP) is 5.10. The van der Waals surface area contributed by atoms with Crippen LogP contribution >= 0.6 is 11.8 Å². The Hall–Kier alpha value is -2.39. The molecule has 3 heteroatoms. The first-order chi connectivity index (χ1) is 10.8. The van der Waals surface area contributed by atoms with Gasteiger partial charge in [-0.1, -0.05) is 60.3 Å². The molecule has 3 aromatic carbocycles. The van der Waals surface area contributed by atoms with E-state index in [-0.39, 0.29) is 0 Å². The summed E-state index contributed by atoms with van der Waals surface area (Å²) < 4.78 is 5.86. The van der Waals surface area contributed by atoms with Crippen LogP contribution in [0.3, 0.4) is 0 Å².